The van der Waals surface area contributed by atoms with E-state index in [0.717, 1.165) is 21.4 Å². The first-order chi connectivity index (χ1) is 13.1. The van der Waals surface area contributed by atoms with Crippen LogP contribution in [0.2, 0.25) is 10.0 Å². The Kier molecular flexibility index (Phi) is 7.07. The number of hydrogen-bond donors (Lipinski definition) is 1. The smallest absolute Gasteiger partial charge is 0.167 e. The Morgan fingerprint density at radius 1 is 1.00 bits per heavy atom. The largest absolute Gasteiger partial charge is 0.493 e. The van der Waals surface area contributed by atoms with Crippen LogP contribution in [0.15, 0.2) is 57.6 Å². The highest BCUT2D eigenvalue weighted by atomic mass is 79.9. The molecule has 1 aromatic heterocycles. The predicted octanol–water partition coefficient (Wildman–Crippen LogP) is 6.23. The van der Waals surface area contributed by atoms with Crippen LogP contribution in [-0.2, 0) is 19.7 Å². The summed E-state index contributed by atoms with van der Waals surface area (Å²) in [5.74, 6) is 2.13. The van der Waals surface area contributed by atoms with Crippen molar-refractivity contribution < 1.29 is 13.9 Å². The Labute approximate surface area is 176 Å². The van der Waals surface area contributed by atoms with Crippen LogP contribution in [-0.4, -0.2) is 7.11 Å². The van der Waals surface area contributed by atoms with Gasteiger partial charge in [0, 0.05) is 32.2 Å². The van der Waals surface area contributed by atoms with Crippen LogP contribution in [0.25, 0.3) is 0 Å². The summed E-state index contributed by atoms with van der Waals surface area (Å²) < 4.78 is 17.8. The van der Waals surface area contributed by atoms with Gasteiger partial charge < -0.3 is 19.2 Å². The number of benzene rings is 2. The van der Waals surface area contributed by atoms with E-state index in [4.69, 9.17) is 37.1 Å². The van der Waals surface area contributed by atoms with Crippen molar-refractivity contribution in [1.29, 1.82) is 0 Å². The summed E-state index contributed by atoms with van der Waals surface area (Å²) in [5.41, 5.74) is 1.67. The van der Waals surface area contributed by atoms with E-state index in [2.05, 4.69) is 21.2 Å². The number of halogens is 3. The van der Waals surface area contributed by atoms with Crippen LogP contribution in [0.1, 0.15) is 16.9 Å². The first kappa shape index (κ1) is 20.1. The molecule has 0 atom stereocenters. The van der Waals surface area contributed by atoms with Gasteiger partial charge in [-0.3, -0.25) is 0 Å². The van der Waals surface area contributed by atoms with Gasteiger partial charge in [-0.05, 0) is 36.4 Å². The molecule has 0 saturated heterocycles. The second-order valence-corrected chi connectivity index (χ2v) is 7.40. The summed E-state index contributed by atoms with van der Waals surface area (Å²) >= 11 is 16.1. The van der Waals surface area contributed by atoms with Gasteiger partial charge in [0.2, 0.25) is 0 Å². The number of ether oxygens (including phenoxy) is 2. The van der Waals surface area contributed by atoms with Gasteiger partial charge in [-0.25, -0.2) is 0 Å². The number of rotatable bonds is 8. The minimum Gasteiger partial charge on any atom is -0.493 e. The van der Waals surface area contributed by atoms with Gasteiger partial charge >= 0.3 is 0 Å². The fraction of sp³-hybridized carbons (Fsp3) is 0.200. The molecule has 7 heteroatoms. The molecule has 0 fully saturated rings. The van der Waals surface area contributed by atoms with Crippen molar-refractivity contribution in [2.75, 3.05) is 7.11 Å². The topological polar surface area (TPSA) is 43.6 Å². The molecule has 2 aromatic carbocycles. The fourth-order valence-corrected chi connectivity index (χ4v) is 3.56. The third-order valence-electron chi connectivity index (χ3n) is 3.99. The molecule has 0 radical (unpaired) electrons. The lowest BCUT2D eigenvalue weighted by Crippen LogP contribution is -2.14. The molecule has 4 nitrogen and oxygen atoms in total. The second kappa shape index (κ2) is 9.51. The molecule has 0 aliphatic heterocycles. The Hall–Kier alpha value is -1.66. The van der Waals surface area contributed by atoms with Gasteiger partial charge in [0.05, 0.1) is 19.9 Å². The number of furan rings is 1. The highest BCUT2D eigenvalue weighted by Gasteiger charge is 2.16. The molecule has 0 saturated carbocycles. The Balaban J connectivity index is 1.80. The molecule has 0 unspecified atom stereocenters. The summed E-state index contributed by atoms with van der Waals surface area (Å²) in [5, 5.41) is 4.47. The van der Waals surface area contributed by atoms with E-state index in [1.54, 1.807) is 31.6 Å². The SMILES string of the molecule is COc1ccc(Br)c(CNCc2ccco2)c1OCc1c(Cl)cccc1Cl. The van der Waals surface area contributed by atoms with E-state index >= 15 is 0 Å². The van der Waals surface area contributed by atoms with E-state index in [1.165, 1.54) is 0 Å². The summed E-state index contributed by atoms with van der Waals surface area (Å²) in [4.78, 5) is 0. The lowest BCUT2D eigenvalue weighted by Gasteiger charge is -2.18. The van der Waals surface area contributed by atoms with Crippen LogP contribution >= 0.6 is 39.1 Å². The molecule has 0 amide bonds. The van der Waals surface area contributed by atoms with Crippen molar-refractivity contribution >= 4 is 39.1 Å². The molecule has 0 bridgehead atoms. The van der Waals surface area contributed by atoms with E-state index in [0.29, 0.717) is 34.6 Å². The van der Waals surface area contributed by atoms with Crippen LogP contribution in [0, 0.1) is 0 Å². The number of hydrogen-bond acceptors (Lipinski definition) is 4. The van der Waals surface area contributed by atoms with Crippen LogP contribution in [0.4, 0.5) is 0 Å². The highest BCUT2D eigenvalue weighted by Crippen LogP contribution is 2.37. The van der Waals surface area contributed by atoms with Gasteiger partial charge in [-0.2, -0.15) is 0 Å². The lowest BCUT2D eigenvalue weighted by atomic mass is 10.1. The Morgan fingerprint density at radius 2 is 1.78 bits per heavy atom. The predicted molar refractivity (Wildman–Crippen MR) is 111 cm³/mol. The summed E-state index contributed by atoms with van der Waals surface area (Å²) in [6.07, 6.45) is 1.65. The maximum atomic E-state index is 6.25. The highest BCUT2D eigenvalue weighted by molar-refractivity contribution is 9.10. The number of methoxy groups -OCH3 is 1. The minimum absolute atomic E-state index is 0.233. The van der Waals surface area contributed by atoms with Gasteiger partial charge in [-0.15, -0.1) is 0 Å². The molecule has 1 N–H and O–H groups in total. The average molecular weight is 471 g/mol. The fourth-order valence-electron chi connectivity index (χ4n) is 2.60. The van der Waals surface area contributed by atoms with Crippen LogP contribution in [0.3, 0.4) is 0 Å². The Bertz CT molecular complexity index is 880. The van der Waals surface area contributed by atoms with Gasteiger partial charge in [0.1, 0.15) is 12.4 Å². The quantitative estimate of drug-likeness (QED) is 0.424. The van der Waals surface area contributed by atoms with E-state index < -0.39 is 0 Å². The zero-order valence-corrected chi connectivity index (χ0v) is 17.7. The van der Waals surface area contributed by atoms with Gasteiger partial charge in [-0.1, -0.05) is 45.2 Å². The molecule has 27 heavy (non-hydrogen) atoms. The van der Waals surface area contributed by atoms with Crippen molar-refractivity contribution in [1.82, 2.24) is 5.32 Å². The monoisotopic (exact) mass is 469 g/mol. The van der Waals surface area contributed by atoms with Crippen LogP contribution < -0.4 is 14.8 Å². The van der Waals surface area contributed by atoms with Crippen molar-refractivity contribution in [3.8, 4) is 11.5 Å². The molecule has 3 aromatic rings. The molecule has 0 aliphatic carbocycles. The van der Waals surface area contributed by atoms with Crippen molar-refractivity contribution in [2.24, 2.45) is 0 Å². The number of nitrogens with one attached hydrogen (secondary N) is 1. The first-order valence-corrected chi connectivity index (χ1v) is 9.79. The van der Waals surface area contributed by atoms with Gasteiger partial charge in [0.15, 0.2) is 11.5 Å². The van der Waals surface area contributed by atoms with Crippen molar-refractivity contribution in [2.45, 2.75) is 19.7 Å². The molecule has 3 rings (SSSR count). The van der Waals surface area contributed by atoms with Crippen molar-refractivity contribution in [3.63, 3.8) is 0 Å². The van der Waals surface area contributed by atoms with E-state index in [1.807, 2.05) is 24.3 Å². The maximum absolute atomic E-state index is 6.25. The van der Waals surface area contributed by atoms with E-state index in [-0.39, 0.29) is 6.61 Å². The first-order valence-electron chi connectivity index (χ1n) is 8.24. The maximum Gasteiger partial charge on any atom is 0.167 e. The standard InChI is InChI=1S/C20H18BrCl2NO3/c1-25-19-8-7-16(21)14(11-24-10-13-4-3-9-26-13)20(19)27-12-15-17(22)5-2-6-18(15)23/h2-9,24H,10-12H2,1H3. The zero-order valence-electron chi connectivity index (χ0n) is 14.6. The molecule has 0 spiro atoms. The summed E-state index contributed by atoms with van der Waals surface area (Å²) in [6, 6.07) is 12.9. The van der Waals surface area contributed by atoms with Crippen molar-refractivity contribution in [3.05, 3.63) is 80.1 Å². The second-order valence-electron chi connectivity index (χ2n) is 5.73. The molecule has 0 aliphatic rings. The summed E-state index contributed by atoms with van der Waals surface area (Å²) in [6.45, 7) is 1.40. The van der Waals surface area contributed by atoms with Crippen LogP contribution in [0.5, 0.6) is 11.5 Å². The zero-order chi connectivity index (χ0) is 19.2. The molecular formula is C20H18BrCl2NO3. The average Bonchev–Trinajstić information content (AvgIpc) is 3.17. The molecule has 142 valence electrons. The lowest BCUT2D eigenvalue weighted by molar-refractivity contribution is 0.280. The third-order valence-corrected chi connectivity index (χ3v) is 5.44. The van der Waals surface area contributed by atoms with Gasteiger partial charge in [0.25, 0.3) is 0 Å². The third kappa shape index (κ3) is 4.99. The summed E-state index contributed by atoms with van der Waals surface area (Å²) in [7, 11) is 1.61. The molecular weight excluding hydrogens is 453 g/mol. The Morgan fingerprint density at radius 3 is 2.44 bits per heavy atom. The minimum atomic E-state index is 0.233. The van der Waals surface area contributed by atoms with E-state index in [9.17, 15) is 0 Å². The molecule has 1 heterocycles. The normalized spacial score (nSPS) is 10.8.